The number of sulfone groups is 1. The first-order valence-electron chi connectivity index (χ1n) is 7.28. The maximum atomic E-state index is 12.2. The zero-order chi connectivity index (χ0) is 16.9. The Kier molecular flexibility index (Phi) is 5.80. The number of hydrogen-bond acceptors (Lipinski definition) is 3. The van der Waals surface area contributed by atoms with Crippen LogP contribution in [0.25, 0.3) is 0 Å². The largest absolute Gasteiger partial charge is 0.326 e. The van der Waals surface area contributed by atoms with Gasteiger partial charge < -0.3 is 5.32 Å². The van der Waals surface area contributed by atoms with Crippen molar-refractivity contribution in [3.8, 4) is 0 Å². The van der Waals surface area contributed by atoms with Gasteiger partial charge in [-0.2, -0.15) is 0 Å². The highest BCUT2D eigenvalue weighted by molar-refractivity contribution is 7.91. The van der Waals surface area contributed by atoms with E-state index in [1.807, 2.05) is 19.1 Å². The topological polar surface area (TPSA) is 63.2 Å². The Morgan fingerprint density at radius 2 is 1.74 bits per heavy atom. The molecule has 1 amide bonds. The summed E-state index contributed by atoms with van der Waals surface area (Å²) in [7, 11) is -3.58. The van der Waals surface area contributed by atoms with Crippen LogP contribution in [0.5, 0.6) is 0 Å². The molecule has 0 atom stereocenters. The van der Waals surface area contributed by atoms with Crippen molar-refractivity contribution in [1.29, 1.82) is 0 Å². The summed E-state index contributed by atoms with van der Waals surface area (Å²) < 4.78 is 24.5. The summed E-state index contributed by atoms with van der Waals surface area (Å²) in [6, 6.07) is 13.7. The molecule has 0 saturated heterocycles. The first-order chi connectivity index (χ1) is 10.9. The Hall–Kier alpha value is -1.85. The van der Waals surface area contributed by atoms with Gasteiger partial charge in [0.15, 0.2) is 9.84 Å². The van der Waals surface area contributed by atoms with E-state index in [4.69, 9.17) is 11.6 Å². The van der Waals surface area contributed by atoms with Gasteiger partial charge in [-0.25, -0.2) is 8.42 Å². The fourth-order valence-electron chi connectivity index (χ4n) is 2.08. The van der Waals surface area contributed by atoms with Gasteiger partial charge in [-0.15, -0.1) is 0 Å². The van der Waals surface area contributed by atoms with Gasteiger partial charge in [-0.05, 0) is 36.2 Å². The number of benzene rings is 2. The molecule has 6 heteroatoms. The van der Waals surface area contributed by atoms with Crippen LogP contribution in [0.2, 0.25) is 5.02 Å². The number of carbonyl (C=O) groups is 1. The highest BCUT2D eigenvalue weighted by Crippen LogP contribution is 2.22. The van der Waals surface area contributed by atoms with Crippen molar-refractivity contribution in [1.82, 2.24) is 0 Å². The number of amides is 1. The summed E-state index contributed by atoms with van der Waals surface area (Å²) in [4.78, 5) is 12.0. The number of carbonyl (C=O) groups excluding carboxylic acids is 1. The molecular weight excluding hydrogens is 334 g/mol. The maximum Gasteiger partial charge on any atom is 0.225 e. The Balaban J connectivity index is 1.97. The molecule has 0 spiro atoms. The van der Waals surface area contributed by atoms with E-state index in [9.17, 15) is 13.2 Å². The zero-order valence-corrected chi connectivity index (χ0v) is 14.3. The van der Waals surface area contributed by atoms with Crippen molar-refractivity contribution in [2.45, 2.75) is 24.7 Å². The summed E-state index contributed by atoms with van der Waals surface area (Å²) >= 11 is 5.90. The first kappa shape index (κ1) is 17.5. The number of halogens is 1. The van der Waals surface area contributed by atoms with Crippen LogP contribution in [0.15, 0.2) is 53.4 Å². The minimum Gasteiger partial charge on any atom is -0.326 e. The van der Waals surface area contributed by atoms with E-state index in [1.54, 1.807) is 24.3 Å². The number of rotatable bonds is 6. The van der Waals surface area contributed by atoms with E-state index in [0.29, 0.717) is 5.69 Å². The van der Waals surface area contributed by atoms with Gasteiger partial charge in [-0.3, -0.25) is 4.79 Å². The molecule has 0 fully saturated rings. The standard InChI is InChI=1S/C17H18ClNO3S/c1-2-13-7-9-14(10-8-13)19-17(20)11-12-23(21,22)16-6-4-3-5-15(16)18/h3-10H,2,11-12H2,1H3,(H,19,20). The van der Waals surface area contributed by atoms with Gasteiger partial charge in [0.25, 0.3) is 0 Å². The Bertz CT molecular complexity index is 786. The quantitative estimate of drug-likeness (QED) is 0.863. The van der Waals surface area contributed by atoms with Crippen molar-refractivity contribution < 1.29 is 13.2 Å². The maximum absolute atomic E-state index is 12.2. The molecule has 2 rings (SSSR count). The highest BCUT2D eigenvalue weighted by Gasteiger charge is 2.19. The van der Waals surface area contributed by atoms with E-state index >= 15 is 0 Å². The van der Waals surface area contributed by atoms with E-state index in [0.717, 1.165) is 6.42 Å². The fourth-order valence-corrected chi connectivity index (χ4v) is 3.89. The number of aryl methyl sites for hydroxylation is 1. The SMILES string of the molecule is CCc1ccc(NC(=O)CCS(=O)(=O)c2ccccc2Cl)cc1. The molecule has 2 aromatic rings. The molecule has 0 unspecified atom stereocenters. The summed E-state index contributed by atoms with van der Waals surface area (Å²) in [5.74, 6) is -0.625. The lowest BCUT2D eigenvalue weighted by molar-refractivity contribution is -0.115. The van der Waals surface area contributed by atoms with Crippen LogP contribution < -0.4 is 5.32 Å². The monoisotopic (exact) mass is 351 g/mol. The summed E-state index contributed by atoms with van der Waals surface area (Å²) in [6.07, 6.45) is 0.799. The Morgan fingerprint density at radius 1 is 1.09 bits per heavy atom. The second-order valence-electron chi connectivity index (χ2n) is 5.10. The summed E-state index contributed by atoms with van der Waals surface area (Å²) in [6.45, 7) is 2.05. The van der Waals surface area contributed by atoms with Crippen LogP contribution in [-0.2, 0) is 21.1 Å². The van der Waals surface area contributed by atoms with Gasteiger partial charge in [0.1, 0.15) is 0 Å². The molecule has 0 radical (unpaired) electrons. The Labute approximate surface area is 141 Å². The van der Waals surface area contributed by atoms with Gasteiger partial charge in [0.05, 0.1) is 15.7 Å². The average Bonchev–Trinajstić information content (AvgIpc) is 2.54. The molecule has 0 aliphatic carbocycles. The van der Waals surface area contributed by atoms with Crippen molar-refractivity contribution >= 4 is 33.0 Å². The first-order valence-corrected chi connectivity index (χ1v) is 9.31. The smallest absolute Gasteiger partial charge is 0.225 e. The van der Waals surface area contributed by atoms with Gasteiger partial charge in [-0.1, -0.05) is 42.8 Å². The van der Waals surface area contributed by atoms with E-state index in [-0.39, 0.29) is 28.0 Å². The molecule has 2 aromatic carbocycles. The van der Waals surface area contributed by atoms with Gasteiger partial charge >= 0.3 is 0 Å². The van der Waals surface area contributed by atoms with Gasteiger partial charge in [0.2, 0.25) is 5.91 Å². The molecular formula is C17H18ClNO3S. The third kappa shape index (κ3) is 4.81. The normalized spacial score (nSPS) is 11.2. The number of anilines is 1. The highest BCUT2D eigenvalue weighted by atomic mass is 35.5. The molecule has 4 nitrogen and oxygen atoms in total. The van der Waals surface area contributed by atoms with Crippen molar-refractivity contribution in [2.24, 2.45) is 0 Å². The van der Waals surface area contributed by atoms with Crippen molar-refractivity contribution in [3.05, 3.63) is 59.1 Å². The fraction of sp³-hybridized carbons (Fsp3) is 0.235. The minimum atomic E-state index is -3.58. The number of hydrogen-bond donors (Lipinski definition) is 1. The molecule has 0 bridgehead atoms. The molecule has 0 saturated carbocycles. The van der Waals surface area contributed by atoms with Crippen LogP contribution in [0.1, 0.15) is 18.9 Å². The lowest BCUT2D eigenvalue weighted by atomic mass is 10.1. The summed E-state index contributed by atoms with van der Waals surface area (Å²) in [5.41, 5.74) is 1.83. The molecule has 23 heavy (non-hydrogen) atoms. The second-order valence-corrected chi connectivity index (χ2v) is 7.58. The van der Waals surface area contributed by atoms with Gasteiger partial charge in [0, 0.05) is 12.1 Å². The van der Waals surface area contributed by atoms with Crippen LogP contribution in [0, 0.1) is 0 Å². The molecule has 0 aliphatic rings. The van der Waals surface area contributed by atoms with E-state index in [1.165, 1.54) is 17.7 Å². The molecule has 0 aliphatic heterocycles. The zero-order valence-electron chi connectivity index (χ0n) is 12.8. The van der Waals surface area contributed by atoms with Crippen molar-refractivity contribution in [2.75, 3.05) is 11.1 Å². The second kappa shape index (κ2) is 7.62. The van der Waals surface area contributed by atoms with Crippen LogP contribution >= 0.6 is 11.6 Å². The predicted octanol–water partition coefficient (Wildman–Crippen LogP) is 3.70. The predicted molar refractivity (Wildman–Crippen MR) is 92.6 cm³/mol. The summed E-state index contributed by atoms with van der Waals surface area (Å²) in [5, 5.41) is 2.87. The van der Waals surface area contributed by atoms with Crippen LogP contribution in [0.4, 0.5) is 5.69 Å². The van der Waals surface area contributed by atoms with Crippen LogP contribution in [0.3, 0.4) is 0 Å². The molecule has 0 aromatic heterocycles. The lowest BCUT2D eigenvalue weighted by Gasteiger charge is -2.08. The van der Waals surface area contributed by atoms with Crippen molar-refractivity contribution in [3.63, 3.8) is 0 Å². The third-order valence-electron chi connectivity index (χ3n) is 3.42. The average molecular weight is 352 g/mol. The van der Waals surface area contributed by atoms with E-state index < -0.39 is 9.84 Å². The minimum absolute atomic E-state index is 0.0572. The van der Waals surface area contributed by atoms with E-state index in [2.05, 4.69) is 5.32 Å². The molecule has 0 heterocycles. The Morgan fingerprint density at radius 3 is 2.35 bits per heavy atom. The lowest BCUT2D eigenvalue weighted by Crippen LogP contribution is -2.17. The molecule has 122 valence electrons. The third-order valence-corrected chi connectivity index (χ3v) is 5.62. The number of nitrogens with one attached hydrogen (secondary N) is 1. The molecule has 1 N–H and O–H groups in total. The van der Waals surface area contributed by atoms with Crippen LogP contribution in [-0.4, -0.2) is 20.1 Å².